The summed E-state index contributed by atoms with van der Waals surface area (Å²) in [6, 6.07) is 7.09. The minimum absolute atomic E-state index is 0.0588. The van der Waals surface area contributed by atoms with Crippen LogP contribution in [-0.4, -0.2) is 55.4 Å². The van der Waals surface area contributed by atoms with Gasteiger partial charge in [-0.1, -0.05) is 28.9 Å². The van der Waals surface area contributed by atoms with Gasteiger partial charge in [0, 0.05) is 11.6 Å². The predicted molar refractivity (Wildman–Crippen MR) is 105 cm³/mol. The summed E-state index contributed by atoms with van der Waals surface area (Å²) in [6.45, 7) is 2.30. The van der Waals surface area contributed by atoms with Crippen LogP contribution in [0.15, 0.2) is 34.0 Å². The standard InChI is InChI=1S/C17H18ClN9O2/c18-12-5-3-4-11(8-12)9-20-22-17(28)14-13(10-26-6-1-2-7-26)27(25-21-14)16-15(19)23-29-24-16/h3-5,8-9H,1-2,6-7,10H2,(H2,19,23)(H,22,28)/b20-9+. The Balaban J connectivity index is 1.57. The molecule has 1 aromatic carbocycles. The lowest BCUT2D eigenvalue weighted by atomic mass is 10.2. The topological polar surface area (TPSA) is 140 Å². The van der Waals surface area contributed by atoms with Crippen molar-refractivity contribution in [2.45, 2.75) is 19.4 Å². The summed E-state index contributed by atoms with van der Waals surface area (Å²) in [5.41, 5.74) is 9.66. The van der Waals surface area contributed by atoms with Crippen molar-refractivity contribution in [2.75, 3.05) is 18.8 Å². The van der Waals surface area contributed by atoms with Gasteiger partial charge in [-0.05, 0) is 53.9 Å². The molecule has 0 unspecified atom stereocenters. The Labute approximate surface area is 170 Å². The molecule has 3 N–H and O–H groups in total. The Kier molecular flexibility index (Phi) is 5.49. The summed E-state index contributed by atoms with van der Waals surface area (Å²) in [7, 11) is 0. The van der Waals surface area contributed by atoms with Crippen LogP contribution in [0.2, 0.25) is 5.02 Å². The summed E-state index contributed by atoms with van der Waals surface area (Å²) < 4.78 is 6.03. The van der Waals surface area contributed by atoms with Gasteiger partial charge in [0.25, 0.3) is 5.91 Å². The number of nitrogens with one attached hydrogen (secondary N) is 1. The summed E-state index contributed by atoms with van der Waals surface area (Å²) in [6.07, 6.45) is 3.69. The molecule has 3 heterocycles. The molecule has 1 aliphatic heterocycles. The van der Waals surface area contributed by atoms with Crippen molar-refractivity contribution in [1.82, 2.24) is 35.6 Å². The first-order valence-corrected chi connectivity index (χ1v) is 9.34. The van der Waals surface area contributed by atoms with Gasteiger partial charge in [0.2, 0.25) is 11.6 Å². The Bertz CT molecular complexity index is 1040. The van der Waals surface area contributed by atoms with E-state index >= 15 is 0 Å². The van der Waals surface area contributed by atoms with Crippen LogP contribution < -0.4 is 11.2 Å². The molecule has 0 saturated carbocycles. The van der Waals surface area contributed by atoms with Crippen LogP contribution in [0.4, 0.5) is 5.82 Å². The molecular formula is C17H18ClN9O2. The van der Waals surface area contributed by atoms with Gasteiger partial charge in [-0.2, -0.15) is 9.78 Å². The molecule has 1 fully saturated rings. The zero-order valence-electron chi connectivity index (χ0n) is 15.3. The molecule has 2 aromatic heterocycles. The highest BCUT2D eigenvalue weighted by atomic mass is 35.5. The minimum Gasteiger partial charge on any atom is -0.378 e. The molecule has 0 aliphatic carbocycles. The van der Waals surface area contributed by atoms with Crippen LogP contribution >= 0.6 is 11.6 Å². The summed E-state index contributed by atoms with van der Waals surface area (Å²) in [4.78, 5) is 14.9. The average Bonchev–Trinajstić information content (AvgIpc) is 3.44. The summed E-state index contributed by atoms with van der Waals surface area (Å²) in [5, 5.41) is 19.9. The highest BCUT2D eigenvalue weighted by Gasteiger charge is 2.26. The Morgan fingerprint density at radius 1 is 1.34 bits per heavy atom. The molecule has 0 spiro atoms. The number of anilines is 1. The summed E-state index contributed by atoms with van der Waals surface area (Å²) >= 11 is 5.94. The fourth-order valence-corrected chi connectivity index (χ4v) is 3.28. The van der Waals surface area contributed by atoms with Gasteiger partial charge in [0.15, 0.2) is 5.69 Å². The number of halogens is 1. The fraction of sp³-hybridized carbons (Fsp3) is 0.294. The quantitative estimate of drug-likeness (QED) is 0.452. The number of likely N-dealkylation sites (tertiary alicyclic amines) is 1. The molecule has 1 aliphatic rings. The second-order valence-electron chi connectivity index (χ2n) is 6.51. The number of hydrazone groups is 1. The second kappa shape index (κ2) is 8.37. The van der Waals surface area contributed by atoms with Crippen molar-refractivity contribution in [2.24, 2.45) is 5.10 Å². The Morgan fingerprint density at radius 2 is 2.17 bits per heavy atom. The first-order chi connectivity index (χ1) is 14.1. The normalized spacial score (nSPS) is 14.7. The largest absolute Gasteiger partial charge is 0.378 e. The highest BCUT2D eigenvalue weighted by molar-refractivity contribution is 6.30. The lowest BCUT2D eigenvalue weighted by Gasteiger charge is -2.15. The fourth-order valence-electron chi connectivity index (χ4n) is 3.09. The molecule has 0 atom stereocenters. The maximum atomic E-state index is 12.7. The number of carbonyl (C=O) groups excluding carboxylic acids is 1. The van der Waals surface area contributed by atoms with Gasteiger partial charge >= 0.3 is 0 Å². The molecule has 1 amide bonds. The van der Waals surface area contributed by atoms with Gasteiger partial charge in [-0.15, -0.1) is 5.10 Å². The van der Waals surface area contributed by atoms with Crippen molar-refractivity contribution < 1.29 is 9.42 Å². The van der Waals surface area contributed by atoms with E-state index in [2.05, 4.69) is 40.7 Å². The first-order valence-electron chi connectivity index (χ1n) is 8.96. The van der Waals surface area contributed by atoms with Crippen LogP contribution in [0.5, 0.6) is 0 Å². The monoisotopic (exact) mass is 415 g/mol. The SMILES string of the molecule is Nc1nonc1-n1nnc(C(=O)N/N=C/c2cccc(Cl)c2)c1CN1CCCC1. The van der Waals surface area contributed by atoms with Crippen LogP contribution in [0, 0.1) is 0 Å². The number of nitrogens with zero attached hydrogens (tertiary/aromatic N) is 7. The smallest absolute Gasteiger partial charge is 0.293 e. The number of carbonyl (C=O) groups is 1. The molecule has 150 valence electrons. The number of rotatable bonds is 6. The maximum Gasteiger partial charge on any atom is 0.293 e. The number of nitrogen functional groups attached to an aromatic ring is 1. The number of benzene rings is 1. The molecule has 3 aromatic rings. The van der Waals surface area contributed by atoms with E-state index in [-0.39, 0.29) is 17.3 Å². The zero-order chi connectivity index (χ0) is 20.2. The highest BCUT2D eigenvalue weighted by Crippen LogP contribution is 2.19. The van der Waals surface area contributed by atoms with Gasteiger partial charge in [0.05, 0.1) is 11.9 Å². The Morgan fingerprint density at radius 3 is 2.90 bits per heavy atom. The molecule has 4 rings (SSSR count). The molecule has 0 bridgehead atoms. The molecular weight excluding hydrogens is 398 g/mol. The lowest BCUT2D eigenvalue weighted by molar-refractivity contribution is 0.0948. The van der Waals surface area contributed by atoms with E-state index < -0.39 is 5.91 Å². The van der Waals surface area contributed by atoms with E-state index in [1.807, 2.05) is 6.07 Å². The molecule has 1 saturated heterocycles. The van der Waals surface area contributed by atoms with Gasteiger partial charge in [-0.25, -0.2) is 10.1 Å². The number of amides is 1. The predicted octanol–water partition coefficient (Wildman–Crippen LogP) is 1.25. The van der Waals surface area contributed by atoms with Crippen molar-refractivity contribution in [1.29, 1.82) is 0 Å². The van der Waals surface area contributed by atoms with Crippen molar-refractivity contribution >= 4 is 29.5 Å². The number of nitrogens with two attached hydrogens (primary N) is 1. The van der Waals surface area contributed by atoms with E-state index in [1.165, 1.54) is 10.9 Å². The molecule has 29 heavy (non-hydrogen) atoms. The second-order valence-corrected chi connectivity index (χ2v) is 6.94. The minimum atomic E-state index is -0.501. The number of hydrogen-bond donors (Lipinski definition) is 2. The first kappa shape index (κ1) is 19.0. The van der Waals surface area contributed by atoms with E-state index in [0.29, 0.717) is 17.3 Å². The Hall–Kier alpha value is -3.31. The molecule has 11 nitrogen and oxygen atoms in total. The van der Waals surface area contributed by atoms with E-state index in [4.69, 9.17) is 17.3 Å². The van der Waals surface area contributed by atoms with Crippen LogP contribution in [-0.2, 0) is 6.54 Å². The van der Waals surface area contributed by atoms with Crippen LogP contribution in [0.3, 0.4) is 0 Å². The van der Waals surface area contributed by atoms with Crippen molar-refractivity contribution in [3.63, 3.8) is 0 Å². The van der Waals surface area contributed by atoms with Crippen LogP contribution in [0.1, 0.15) is 34.6 Å². The zero-order valence-corrected chi connectivity index (χ0v) is 16.1. The molecule has 12 heteroatoms. The third-order valence-electron chi connectivity index (χ3n) is 4.47. The number of hydrogen-bond acceptors (Lipinski definition) is 9. The van der Waals surface area contributed by atoms with Gasteiger partial charge in [-0.3, -0.25) is 9.69 Å². The maximum absolute atomic E-state index is 12.7. The third-order valence-corrected chi connectivity index (χ3v) is 4.71. The third kappa shape index (κ3) is 4.25. The van der Waals surface area contributed by atoms with Crippen molar-refractivity contribution in [3.05, 3.63) is 46.2 Å². The van der Waals surface area contributed by atoms with E-state index in [9.17, 15) is 4.79 Å². The van der Waals surface area contributed by atoms with E-state index in [0.717, 1.165) is 31.5 Å². The molecule has 0 radical (unpaired) electrons. The lowest BCUT2D eigenvalue weighted by Crippen LogP contribution is -2.25. The van der Waals surface area contributed by atoms with Gasteiger partial charge in [0.1, 0.15) is 0 Å². The number of aromatic nitrogens is 5. The van der Waals surface area contributed by atoms with Crippen molar-refractivity contribution in [3.8, 4) is 5.82 Å². The average molecular weight is 416 g/mol. The summed E-state index contributed by atoms with van der Waals surface area (Å²) in [5.74, 6) is -0.254. The van der Waals surface area contributed by atoms with Crippen LogP contribution in [0.25, 0.3) is 5.82 Å². The van der Waals surface area contributed by atoms with E-state index in [1.54, 1.807) is 18.2 Å². The van der Waals surface area contributed by atoms with Gasteiger partial charge < -0.3 is 5.73 Å².